The Balaban J connectivity index is 4.06. The van der Waals surface area contributed by atoms with Crippen molar-refractivity contribution in [1.82, 2.24) is 0 Å². The number of carbonyl (C=O) groups excluding carboxylic acids is 1. The molecule has 0 N–H and O–H groups in total. The Bertz CT molecular complexity index is 1150. The number of hydrogen-bond acceptors (Lipinski definition) is 7. The van der Waals surface area contributed by atoms with Crippen molar-refractivity contribution in [2.45, 2.75) is 270 Å². The van der Waals surface area contributed by atoms with Crippen LogP contribution in [0.4, 0.5) is 0 Å². The number of carbonyl (C=O) groups is 1. The summed E-state index contributed by atoms with van der Waals surface area (Å²) < 4.78 is 34.8. The molecular formula is C57H110NO7P. The van der Waals surface area contributed by atoms with Crippen LogP contribution < -0.4 is 4.89 Å². The minimum absolute atomic E-state index is 0.0272. The van der Waals surface area contributed by atoms with E-state index in [1.807, 2.05) is 21.1 Å². The fourth-order valence-corrected chi connectivity index (χ4v) is 8.81. The second-order valence-electron chi connectivity index (χ2n) is 20.3. The molecule has 0 saturated carbocycles. The van der Waals surface area contributed by atoms with Crippen LogP contribution in [0.15, 0.2) is 36.5 Å². The molecule has 9 heteroatoms. The van der Waals surface area contributed by atoms with Gasteiger partial charge in [0, 0.05) is 13.0 Å². The van der Waals surface area contributed by atoms with Gasteiger partial charge in [-0.2, -0.15) is 0 Å². The molecule has 0 radical (unpaired) electrons. The number of esters is 1. The van der Waals surface area contributed by atoms with Gasteiger partial charge in [-0.05, 0) is 51.4 Å². The van der Waals surface area contributed by atoms with Crippen LogP contribution in [0.25, 0.3) is 0 Å². The number of unbranched alkanes of at least 4 members (excludes halogenated alkanes) is 33. The van der Waals surface area contributed by atoms with Gasteiger partial charge in [0.2, 0.25) is 0 Å². The lowest BCUT2D eigenvalue weighted by atomic mass is 10.0. The quantitative estimate of drug-likeness (QED) is 0.0197. The van der Waals surface area contributed by atoms with Crippen molar-refractivity contribution in [1.29, 1.82) is 0 Å². The molecule has 0 heterocycles. The molecule has 0 saturated heterocycles. The predicted octanol–water partition coefficient (Wildman–Crippen LogP) is 17.0. The van der Waals surface area contributed by atoms with Gasteiger partial charge < -0.3 is 27.9 Å². The van der Waals surface area contributed by atoms with Crippen LogP contribution in [0, 0.1) is 0 Å². The standard InChI is InChI=1S/C57H110NO7P/c1-6-8-10-12-14-16-18-20-22-24-26-27-28-29-30-31-32-33-35-37-39-41-43-45-47-49-52-62-54-56(55-64-66(60,61)63-53-51-58(3,4)5)65-57(59)50-48-46-44-42-40-38-36-34-25-23-21-19-17-15-13-11-9-7-2/h18,20,24,26,28-29,56H,6-17,19,21-23,25,27,30-55H2,1-5H3/b20-18-,26-24-,29-28-. The van der Waals surface area contributed by atoms with E-state index >= 15 is 0 Å². The van der Waals surface area contributed by atoms with E-state index in [0.717, 1.165) is 44.9 Å². The maximum Gasteiger partial charge on any atom is 0.306 e. The van der Waals surface area contributed by atoms with Crippen LogP contribution in [0.2, 0.25) is 0 Å². The Labute approximate surface area is 410 Å². The van der Waals surface area contributed by atoms with E-state index in [1.165, 1.54) is 199 Å². The molecule has 0 aliphatic heterocycles. The van der Waals surface area contributed by atoms with E-state index in [-0.39, 0.29) is 25.8 Å². The fourth-order valence-electron chi connectivity index (χ4n) is 8.09. The molecule has 0 spiro atoms. The highest BCUT2D eigenvalue weighted by molar-refractivity contribution is 7.45. The predicted molar refractivity (Wildman–Crippen MR) is 282 cm³/mol. The van der Waals surface area contributed by atoms with Crippen LogP contribution in [0.5, 0.6) is 0 Å². The molecule has 0 aromatic heterocycles. The summed E-state index contributed by atoms with van der Waals surface area (Å²) in [5, 5.41) is 0. The Morgan fingerprint density at radius 3 is 1.24 bits per heavy atom. The van der Waals surface area contributed by atoms with Crippen molar-refractivity contribution in [3.05, 3.63) is 36.5 Å². The molecule has 2 atom stereocenters. The van der Waals surface area contributed by atoms with E-state index in [9.17, 15) is 14.3 Å². The number of likely N-dealkylation sites (N-methyl/N-ethyl adjacent to an activating group) is 1. The minimum Gasteiger partial charge on any atom is -0.756 e. The van der Waals surface area contributed by atoms with Gasteiger partial charge in [-0.25, -0.2) is 0 Å². The van der Waals surface area contributed by atoms with E-state index < -0.39 is 13.9 Å². The van der Waals surface area contributed by atoms with Crippen molar-refractivity contribution in [3.63, 3.8) is 0 Å². The number of allylic oxidation sites excluding steroid dienone is 6. The first kappa shape index (κ1) is 64.7. The first-order chi connectivity index (χ1) is 32.1. The van der Waals surface area contributed by atoms with Crippen LogP contribution in [0.3, 0.4) is 0 Å². The number of quaternary nitrogens is 1. The van der Waals surface area contributed by atoms with Crippen molar-refractivity contribution in [3.8, 4) is 0 Å². The first-order valence-electron chi connectivity index (χ1n) is 28.2. The maximum atomic E-state index is 12.8. The third-order valence-corrected chi connectivity index (χ3v) is 13.4. The minimum atomic E-state index is -4.53. The lowest BCUT2D eigenvalue weighted by Crippen LogP contribution is -2.37. The molecule has 0 fully saturated rings. The lowest BCUT2D eigenvalue weighted by molar-refractivity contribution is -0.870. The van der Waals surface area contributed by atoms with Crippen LogP contribution in [0.1, 0.15) is 264 Å². The highest BCUT2D eigenvalue weighted by Gasteiger charge is 2.20. The highest BCUT2D eigenvalue weighted by atomic mass is 31.2. The van der Waals surface area contributed by atoms with Crippen molar-refractivity contribution in [2.75, 3.05) is 54.1 Å². The summed E-state index contributed by atoms with van der Waals surface area (Å²) in [4.78, 5) is 25.2. The lowest BCUT2D eigenvalue weighted by Gasteiger charge is -2.28. The molecule has 0 aliphatic carbocycles. The van der Waals surface area contributed by atoms with E-state index in [4.69, 9.17) is 18.5 Å². The van der Waals surface area contributed by atoms with Crippen molar-refractivity contribution in [2.24, 2.45) is 0 Å². The summed E-state index contributed by atoms with van der Waals surface area (Å²) in [5.74, 6) is -0.330. The number of nitrogens with zero attached hydrogens (tertiary/aromatic N) is 1. The average Bonchev–Trinajstić information content (AvgIpc) is 3.28. The van der Waals surface area contributed by atoms with Gasteiger partial charge in [0.15, 0.2) is 0 Å². The van der Waals surface area contributed by atoms with Crippen molar-refractivity contribution >= 4 is 13.8 Å². The van der Waals surface area contributed by atoms with Gasteiger partial charge in [0.25, 0.3) is 7.82 Å². The Hall–Kier alpha value is -1.28. The molecule has 0 aromatic carbocycles. The molecule has 0 aliphatic rings. The maximum absolute atomic E-state index is 12.8. The Morgan fingerprint density at radius 2 is 0.833 bits per heavy atom. The van der Waals surface area contributed by atoms with Gasteiger partial charge in [-0.15, -0.1) is 0 Å². The molecule has 0 rings (SSSR count). The molecule has 0 bridgehead atoms. The zero-order valence-electron chi connectivity index (χ0n) is 44.4. The van der Waals surface area contributed by atoms with Gasteiger partial charge >= 0.3 is 5.97 Å². The number of ether oxygens (including phenoxy) is 2. The average molecular weight is 952 g/mol. The number of rotatable bonds is 53. The summed E-state index contributed by atoms with van der Waals surface area (Å²) in [5.41, 5.74) is 0. The van der Waals surface area contributed by atoms with Crippen LogP contribution in [-0.2, 0) is 27.9 Å². The largest absolute Gasteiger partial charge is 0.756 e. The third kappa shape index (κ3) is 53.7. The van der Waals surface area contributed by atoms with Gasteiger partial charge in [0.1, 0.15) is 19.3 Å². The Kier molecular flexibility index (Phi) is 49.1. The zero-order valence-corrected chi connectivity index (χ0v) is 45.3. The Morgan fingerprint density at radius 1 is 0.470 bits per heavy atom. The monoisotopic (exact) mass is 952 g/mol. The molecule has 0 amide bonds. The number of hydrogen-bond donors (Lipinski definition) is 0. The molecule has 66 heavy (non-hydrogen) atoms. The SMILES string of the molecule is CCCCCCC/C=C\C/C=C\C/C=C\CCCCCCCCCCCCCOCC(COP(=O)([O-])OCC[N+](C)(C)C)OC(=O)CCCCCCCCCCCCCCCCCCCC. The van der Waals surface area contributed by atoms with E-state index in [1.54, 1.807) is 0 Å². The van der Waals surface area contributed by atoms with Crippen molar-refractivity contribution < 1.29 is 37.3 Å². The fraction of sp³-hybridized carbons (Fsp3) is 0.877. The number of phosphoric acid groups is 1. The van der Waals surface area contributed by atoms with Crippen LogP contribution >= 0.6 is 7.82 Å². The van der Waals surface area contributed by atoms with E-state index in [0.29, 0.717) is 24.1 Å². The summed E-state index contributed by atoms with van der Waals surface area (Å²) in [6, 6.07) is 0. The molecule has 0 aromatic rings. The summed E-state index contributed by atoms with van der Waals surface area (Å²) in [6.07, 6.45) is 61.8. The molecule has 390 valence electrons. The highest BCUT2D eigenvalue weighted by Crippen LogP contribution is 2.38. The summed E-state index contributed by atoms with van der Waals surface area (Å²) in [6.45, 7) is 5.45. The third-order valence-electron chi connectivity index (χ3n) is 12.4. The topological polar surface area (TPSA) is 94.1 Å². The van der Waals surface area contributed by atoms with Gasteiger partial charge in [-0.1, -0.05) is 243 Å². The molecule has 2 unspecified atom stereocenters. The van der Waals surface area contributed by atoms with E-state index in [2.05, 4.69) is 50.3 Å². The van der Waals surface area contributed by atoms with Gasteiger partial charge in [-0.3, -0.25) is 9.36 Å². The van der Waals surface area contributed by atoms with Gasteiger partial charge in [0.05, 0.1) is 34.4 Å². The normalized spacial score (nSPS) is 13.7. The first-order valence-corrected chi connectivity index (χ1v) is 29.7. The smallest absolute Gasteiger partial charge is 0.306 e. The molecular weight excluding hydrogens is 842 g/mol. The second-order valence-corrected chi connectivity index (χ2v) is 21.7. The summed E-state index contributed by atoms with van der Waals surface area (Å²) in [7, 11) is 1.37. The second kappa shape index (κ2) is 50.1. The molecule has 8 nitrogen and oxygen atoms in total. The summed E-state index contributed by atoms with van der Waals surface area (Å²) >= 11 is 0. The van der Waals surface area contributed by atoms with Crippen LogP contribution in [-0.4, -0.2) is 70.7 Å². The zero-order chi connectivity index (χ0) is 48.3. The number of phosphoric ester groups is 1.